The molecule has 0 saturated heterocycles. The first-order valence-corrected chi connectivity index (χ1v) is 8.41. The molecular formula is C15H19N3O2S2. The standard InChI is InChI=1S/C15H19N3O2S2/c1-3-4-5-7-20-13-10-11(9-12(17-13)19-2)14(21)18-15-16-6-8-22-15/h6,8-10H,3-5,7H2,1-2H3,(H,16,18,21). The molecule has 0 amide bonds. The summed E-state index contributed by atoms with van der Waals surface area (Å²) < 4.78 is 10.9. The van der Waals surface area contributed by atoms with Gasteiger partial charge in [-0.2, -0.15) is 4.98 Å². The van der Waals surface area contributed by atoms with Crippen molar-refractivity contribution in [2.75, 3.05) is 19.0 Å². The van der Waals surface area contributed by atoms with Crippen LogP contribution in [0.3, 0.4) is 0 Å². The number of unbranched alkanes of at least 4 members (excludes halogenated alkanes) is 2. The van der Waals surface area contributed by atoms with Gasteiger partial charge in [0.25, 0.3) is 0 Å². The molecule has 0 atom stereocenters. The lowest BCUT2D eigenvalue weighted by Gasteiger charge is -2.10. The SMILES string of the molecule is CCCCCOc1cc(C(=S)Nc2nccs2)cc(OC)n1. The highest BCUT2D eigenvalue weighted by Gasteiger charge is 2.09. The molecular weight excluding hydrogens is 318 g/mol. The van der Waals surface area contributed by atoms with E-state index in [1.165, 1.54) is 11.3 Å². The highest BCUT2D eigenvalue weighted by atomic mass is 32.1. The smallest absolute Gasteiger partial charge is 0.217 e. The molecule has 0 saturated carbocycles. The average Bonchev–Trinajstić information content (AvgIpc) is 3.04. The minimum atomic E-state index is 0.478. The largest absolute Gasteiger partial charge is 0.481 e. The highest BCUT2D eigenvalue weighted by molar-refractivity contribution is 7.81. The van der Waals surface area contributed by atoms with Crippen LogP contribution in [0.5, 0.6) is 11.8 Å². The number of hydrogen-bond acceptors (Lipinski definition) is 6. The Morgan fingerprint density at radius 1 is 1.32 bits per heavy atom. The number of methoxy groups -OCH3 is 1. The molecule has 0 aromatic carbocycles. The first kappa shape index (κ1) is 16.6. The highest BCUT2D eigenvalue weighted by Crippen LogP contribution is 2.20. The maximum absolute atomic E-state index is 5.69. The minimum absolute atomic E-state index is 0.478. The third-order valence-electron chi connectivity index (χ3n) is 2.90. The topological polar surface area (TPSA) is 56.3 Å². The Bertz CT molecular complexity index is 603. The van der Waals surface area contributed by atoms with Gasteiger partial charge >= 0.3 is 0 Å². The van der Waals surface area contributed by atoms with Crippen molar-refractivity contribution in [1.82, 2.24) is 9.97 Å². The number of nitrogens with zero attached hydrogens (tertiary/aromatic N) is 2. The molecule has 2 rings (SSSR count). The third kappa shape index (κ3) is 4.92. The van der Waals surface area contributed by atoms with Gasteiger partial charge in [-0.1, -0.05) is 32.0 Å². The van der Waals surface area contributed by atoms with E-state index in [-0.39, 0.29) is 0 Å². The quantitative estimate of drug-likeness (QED) is 0.582. The normalized spacial score (nSPS) is 10.3. The summed E-state index contributed by atoms with van der Waals surface area (Å²) in [4.78, 5) is 9.01. The first-order chi connectivity index (χ1) is 10.7. The molecule has 0 spiro atoms. The maximum Gasteiger partial charge on any atom is 0.217 e. The number of pyridine rings is 1. The van der Waals surface area contributed by atoms with Gasteiger partial charge < -0.3 is 14.8 Å². The van der Waals surface area contributed by atoms with Gasteiger partial charge in [0.2, 0.25) is 11.8 Å². The molecule has 7 heteroatoms. The van der Waals surface area contributed by atoms with Crippen molar-refractivity contribution < 1.29 is 9.47 Å². The van der Waals surface area contributed by atoms with Crippen molar-refractivity contribution >= 4 is 33.7 Å². The molecule has 0 fully saturated rings. The number of aromatic nitrogens is 2. The first-order valence-electron chi connectivity index (χ1n) is 7.12. The third-order valence-corrected chi connectivity index (χ3v) is 3.93. The maximum atomic E-state index is 5.69. The average molecular weight is 337 g/mol. The van der Waals surface area contributed by atoms with E-state index < -0.39 is 0 Å². The number of thiocarbonyl (C=S) groups is 1. The number of thiazole rings is 1. The van der Waals surface area contributed by atoms with E-state index in [9.17, 15) is 0 Å². The molecule has 0 aliphatic carbocycles. The van der Waals surface area contributed by atoms with Gasteiger partial charge in [0.15, 0.2) is 5.13 Å². The molecule has 5 nitrogen and oxygen atoms in total. The lowest BCUT2D eigenvalue weighted by Crippen LogP contribution is -2.11. The lowest BCUT2D eigenvalue weighted by atomic mass is 10.2. The van der Waals surface area contributed by atoms with Crippen molar-refractivity contribution in [3.05, 3.63) is 29.3 Å². The van der Waals surface area contributed by atoms with E-state index in [4.69, 9.17) is 21.7 Å². The van der Waals surface area contributed by atoms with Crippen molar-refractivity contribution in [2.24, 2.45) is 0 Å². The number of nitrogens with one attached hydrogen (secondary N) is 1. The predicted octanol–water partition coefficient (Wildman–Crippen LogP) is 3.90. The van der Waals surface area contributed by atoms with Crippen molar-refractivity contribution in [3.63, 3.8) is 0 Å². The second-order valence-corrected chi connectivity index (χ2v) is 5.89. The van der Waals surface area contributed by atoms with E-state index in [1.807, 2.05) is 11.4 Å². The van der Waals surface area contributed by atoms with Crippen LogP contribution in [-0.4, -0.2) is 28.7 Å². The van der Waals surface area contributed by atoms with E-state index >= 15 is 0 Å². The van der Waals surface area contributed by atoms with Gasteiger partial charge in [-0.3, -0.25) is 0 Å². The van der Waals surface area contributed by atoms with E-state index in [1.54, 1.807) is 19.4 Å². The van der Waals surface area contributed by atoms with E-state index in [2.05, 4.69) is 22.2 Å². The predicted molar refractivity (Wildman–Crippen MR) is 93.2 cm³/mol. The number of hydrogen-bond donors (Lipinski definition) is 1. The second-order valence-electron chi connectivity index (χ2n) is 4.58. The molecule has 0 bridgehead atoms. The lowest BCUT2D eigenvalue weighted by molar-refractivity contribution is 0.288. The van der Waals surface area contributed by atoms with Gasteiger partial charge in [-0.05, 0) is 6.42 Å². The molecule has 2 aromatic rings. The van der Waals surface area contributed by atoms with Crippen molar-refractivity contribution in [1.29, 1.82) is 0 Å². The number of rotatable bonds is 8. The molecule has 118 valence electrons. The molecule has 1 N–H and O–H groups in total. The van der Waals surface area contributed by atoms with Crippen LogP contribution in [0.4, 0.5) is 5.13 Å². The summed E-state index contributed by atoms with van der Waals surface area (Å²) in [6.07, 6.45) is 5.03. The summed E-state index contributed by atoms with van der Waals surface area (Å²) in [6, 6.07) is 3.60. The second kappa shape index (κ2) is 8.65. The van der Waals surface area contributed by atoms with Crippen LogP contribution in [-0.2, 0) is 0 Å². The summed E-state index contributed by atoms with van der Waals surface area (Å²) in [7, 11) is 1.57. The Kier molecular flexibility index (Phi) is 6.54. The minimum Gasteiger partial charge on any atom is -0.481 e. The summed E-state index contributed by atoms with van der Waals surface area (Å²) >= 11 is 6.90. The summed E-state index contributed by atoms with van der Waals surface area (Å²) in [5, 5.41) is 5.74. The Morgan fingerprint density at radius 3 is 2.82 bits per heavy atom. The van der Waals surface area contributed by atoms with Gasteiger partial charge in [-0.25, -0.2) is 4.98 Å². The van der Waals surface area contributed by atoms with Crippen LogP contribution in [0.2, 0.25) is 0 Å². The number of ether oxygens (including phenoxy) is 2. The zero-order valence-electron chi connectivity index (χ0n) is 12.7. The van der Waals surface area contributed by atoms with Crippen LogP contribution in [0.1, 0.15) is 31.7 Å². The van der Waals surface area contributed by atoms with Crippen molar-refractivity contribution in [3.8, 4) is 11.8 Å². The van der Waals surface area contributed by atoms with Crippen molar-refractivity contribution in [2.45, 2.75) is 26.2 Å². The Labute approximate surface area is 139 Å². The molecule has 2 heterocycles. The fraction of sp³-hybridized carbons (Fsp3) is 0.400. The monoisotopic (exact) mass is 337 g/mol. The van der Waals surface area contributed by atoms with Gasteiger partial charge in [-0.15, -0.1) is 11.3 Å². The van der Waals surface area contributed by atoms with Crippen LogP contribution >= 0.6 is 23.6 Å². The van der Waals surface area contributed by atoms with Gasteiger partial charge in [0.1, 0.15) is 4.99 Å². The summed E-state index contributed by atoms with van der Waals surface area (Å²) in [5.74, 6) is 1.00. The summed E-state index contributed by atoms with van der Waals surface area (Å²) in [6.45, 7) is 2.80. The zero-order valence-corrected chi connectivity index (χ0v) is 14.3. The van der Waals surface area contributed by atoms with Crippen LogP contribution in [0, 0.1) is 0 Å². The van der Waals surface area contributed by atoms with Crippen LogP contribution < -0.4 is 14.8 Å². The zero-order chi connectivity index (χ0) is 15.8. The Balaban J connectivity index is 2.07. The Hall–Kier alpha value is -1.73. The molecule has 0 aliphatic rings. The molecule has 0 aliphatic heterocycles. The molecule has 0 unspecified atom stereocenters. The fourth-order valence-corrected chi connectivity index (χ4v) is 2.59. The number of anilines is 1. The molecule has 2 aromatic heterocycles. The van der Waals surface area contributed by atoms with E-state index in [0.717, 1.165) is 30.0 Å². The molecule has 0 radical (unpaired) electrons. The summed E-state index contributed by atoms with van der Waals surface area (Å²) in [5.41, 5.74) is 0.794. The van der Waals surface area contributed by atoms with Crippen LogP contribution in [0.15, 0.2) is 23.7 Å². The van der Waals surface area contributed by atoms with Crippen LogP contribution in [0.25, 0.3) is 0 Å². The Morgan fingerprint density at radius 2 is 2.14 bits per heavy atom. The fourth-order valence-electron chi connectivity index (χ4n) is 1.77. The van der Waals surface area contributed by atoms with Gasteiger partial charge in [0.05, 0.1) is 13.7 Å². The molecule has 22 heavy (non-hydrogen) atoms. The van der Waals surface area contributed by atoms with Gasteiger partial charge in [0, 0.05) is 29.3 Å². The van der Waals surface area contributed by atoms with E-state index in [0.29, 0.717) is 23.4 Å².